The van der Waals surface area contributed by atoms with Crippen LogP contribution in [0.5, 0.6) is 5.75 Å². The topological polar surface area (TPSA) is 33.3 Å². The van der Waals surface area contributed by atoms with Crippen LogP contribution in [-0.2, 0) is 0 Å². The van der Waals surface area contributed by atoms with Gasteiger partial charge in [0.25, 0.3) is 0 Å². The van der Waals surface area contributed by atoms with E-state index in [9.17, 15) is 0 Å². The Morgan fingerprint density at radius 3 is 2.85 bits per heavy atom. The lowest BCUT2D eigenvalue weighted by molar-refractivity contribution is 0.225. The fourth-order valence-electron chi connectivity index (χ4n) is 2.82. The van der Waals surface area contributed by atoms with Crippen molar-refractivity contribution in [1.29, 1.82) is 0 Å². The maximum atomic E-state index is 5.42. The van der Waals surface area contributed by atoms with E-state index < -0.39 is 0 Å². The smallest absolute Gasteiger partial charge is 0.171 e. The van der Waals surface area contributed by atoms with Gasteiger partial charge in [0.05, 0.1) is 7.11 Å². The molecule has 0 spiro atoms. The van der Waals surface area contributed by atoms with E-state index >= 15 is 0 Å². The highest BCUT2D eigenvalue weighted by Crippen LogP contribution is 2.29. The highest BCUT2D eigenvalue weighted by Gasteiger charge is 2.27. The molecule has 3 atom stereocenters. The second kappa shape index (κ2) is 6.93. The van der Waals surface area contributed by atoms with Crippen LogP contribution in [0.3, 0.4) is 0 Å². The summed E-state index contributed by atoms with van der Waals surface area (Å²) < 4.78 is 5.21. The summed E-state index contributed by atoms with van der Waals surface area (Å²) in [5, 5.41) is 7.40. The zero-order valence-electron chi connectivity index (χ0n) is 12.5. The molecule has 0 saturated heterocycles. The fourth-order valence-corrected chi connectivity index (χ4v) is 3.09. The van der Waals surface area contributed by atoms with Gasteiger partial charge in [-0.15, -0.1) is 0 Å². The fraction of sp³-hybridized carbons (Fsp3) is 0.562. The summed E-state index contributed by atoms with van der Waals surface area (Å²) in [7, 11) is 1.67. The van der Waals surface area contributed by atoms with Crippen molar-refractivity contribution < 1.29 is 4.74 Å². The van der Waals surface area contributed by atoms with Gasteiger partial charge in [0.15, 0.2) is 5.11 Å². The molecule has 110 valence electrons. The van der Waals surface area contributed by atoms with Crippen LogP contribution in [-0.4, -0.2) is 18.3 Å². The summed E-state index contributed by atoms with van der Waals surface area (Å²) in [6.45, 7) is 4.65. The highest BCUT2D eigenvalue weighted by atomic mass is 32.1. The van der Waals surface area contributed by atoms with Gasteiger partial charge in [-0.3, -0.25) is 0 Å². The highest BCUT2D eigenvalue weighted by molar-refractivity contribution is 7.80. The molecule has 3 unspecified atom stereocenters. The van der Waals surface area contributed by atoms with Gasteiger partial charge in [0.2, 0.25) is 0 Å². The molecule has 4 heteroatoms. The molecule has 0 radical (unpaired) electrons. The van der Waals surface area contributed by atoms with Crippen LogP contribution in [0.2, 0.25) is 0 Å². The minimum atomic E-state index is 0.476. The first-order valence-corrected chi connectivity index (χ1v) is 7.72. The summed E-state index contributed by atoms with van der Waals surface area (Å²) in [6.07, 6.45) is 3.81. The number of hydrogen-bond donors (Lipinski definition) is 2. The van der Waals surface area contributed by atoms with Gasteiger partial charge in [0.1, 0.15) is 5.75 Å². The molecule has 0 aliphatic heterocycles. The zero-order valence-corrected chi connectivity index (χ0v) is 13.3. The maximum Gasteiger partial charge on any atom is 0.171 e. The Morgan fingerprint density at radius 2 is 2.10 bits per heavy atom. The standard InChI is InChI=1S/C16H24N2OS/c1-11-6-4-9-15(12(11)2)18-16(20)17-13-7-5-8-14(10-13)19-3/h5,7-8,10-12,15H,4,6,9H2,1-3H3,(H2,17,18,20). The maximum absolute atomic E-state index is 5.42. The van der Waals surface area contributed by atoms with Gasteiger partial charge in [-0.2, -0.15) is 0 Å². The monoisotopic (exact) mass is 292 g/mol. The molecule has 1 saturated carbocycles. The van der Waals surface area contributed by atoms with Crippen LogP contribution in [0.4, 0.5) is 5.69 Å². The predicted octanol–water partition coefficient (Wildman–Crippen LogP) is 3.81. The van der Waals surface area contributed by atoms with Crippen LogP contribution in [0.1, 0.15) is 33.1 Å². The average molecular weight is 292 g/mol. The number of anilines is 1. The molecular weight excluding hydrogens is 268 g/mol. The number of thiocarbonyl (C=S) groups is 1. The van der Waals surface area contributed by atoms with Crippen LogP contribution in [0, 0.1) is 11.8 Å². The largest absolute Gasteiger partial charge is 0.497 e. The Balaban J connectivity index is 1.91. The zero-order chi connectivity index (χ0) is 14.5. The van der Waals surface area contributed by atoms with E-state index in [-0.39, 0.29) is 0 Å². The lowest BCUT2D eigenvalue weighted by atomic mass is 9.78. The third-order valence-corrected chi connectivity index (χ3v) is 4.57. The third-order valence-electron chi connectivity index (χ3n) is 4.35. The van der Waals surface area contributed by atoms with Crippen molar-refractivity contribution in [2.75, 3.05) is 12.4 Å². The molecule has 20 heavy (non-hydrogen) atoms. The van der Waals surface area contributed by atoms with Gasteiger partial charge in [-0.05, 0) is 42.6 Å². The summed E-state index contributed by atoms with van der Waals surface area (Å²) in [4.78, 5) is 0. The number of rotatable bonds is 3. The Hall–Kier alpha value is -1.29. The lowest BCUT2D eigenvalue weighted by Crippen LogP contribution is -2.45. The molecule has 0 bridgehead atoms. The van der Waals surface area contributed by atoms with Crippen LogP contribution in [0.25, 0.3) is 0 Å². The molecule has 1 aromatic rings. The number of hydrogen-bond acceptors (Lipinski definition) is 2. The van der Waals surface area contributed by atoms with E-state index in [4.69, 9.17) is 17.0 Å². The second-order valence-corrected chi connectivity index (χ2v) is 6.11. The number of methoxy groups -OCH3 is 1. The first-order chi connectivity index (χ1) is 9.60. The van der Waals surface area contributed by atoms with E-state index in [0.717, 1.165) is 17.4 Å². The Labute approximate surface area is 127 Å². The van der Waals surface area contributed by atoms with Crippen LogP contribution >= 0.6 is 12.2 Å². The summed E-state index contributed by atoms with van der Waals surface area (Å²) >= 11 is 5.42. The molecule has 1 aromatic carbocycles. The number of nitrogens with one attached hydrogen (secondary N) is 2. The Morgan fingerprint density at radius 1 is 1.30 bits per heavy atom. The van der Waals surface area contributed by atoms with E-state index in [2.05, 4.69) is 24.5 Å². The molecule has 1 fully saturated rings. The van der Waals surface area contributed by atoms with Gasteiger partial charge < -0.3 is 15.4 Å². The average Bonchev–Trinajstić information content (AvgIpc) is 2.44. The molecule has 0 heterocycles. The molecule has 1 aliphatic carbocycles. The van der Waals surface area contributed by atoms with Crippen molar-refractivity contribution in [3.8, 4) is 5.75 Å². The minimum Gasteiger partial charge on any atom is -0.497 e. The molecule has 2 N–H and O–H groups in total. The molecule has 1 aliphatic rings. The quantitative estimate of drug-likeness (QED) is 0.830. The second-order valence-electron chi connectivity index (χ2n) is 5.70. The Kier molecular flexibility index (Phi) is 5.24. The number of benzene rings is 1. The first-order valence-electron chi connectivity index (χ1n) is 7.31. The van der Waals surface area contributed by atoms with Gasteiger partial charge in [0, 0.05) is 17.8 Å². The van der Waals surface area contributed by atoms with Gasteiger partial charge >= 0.3 is 0 Å². The summed E-state index contributed by atoms with van der Waals surface area (Å²) in [5.41, 5.74) is 0.957. The van der Waals surface area contributed by atoms with E-state index in [0.29, 0.717) is 17.1 Å². The molecule has 3 nitrogen and oxygen atoms in total. The normalized spacial score (nSPS) is 25.9. The lowest BCUT2D eigenvalue weighted by Gasteiger charge is -2.35. The number of ether oxygens (including phenoxy) is 1. The van der Waals surface area contributed by atoms with Crippen molar-refractivity contribution in [2.45, 2.75) is 39.2 Å². The molecule has 2 rings (SSSR count). The Bertz CT molecular complexity index is 464. The van der Waals surface area contributed by atoms with Crippen molar-refractivity contribution in [2.24, 2.45) is 11.8 Å². The predicted molar refractivity (Wildman–Crippen MR) is 88.3 cm³/mol. The van der Waals surface area contributed by atoms with Crippen LogP contribution < -0.4 is 15.4 Å². The van der Waals surface area contributed by atoms with E-state index in [1.54, 1.807) is 7.11 Å². The minimum absolute atomic E-state index is 0.476. The van der Waals surface area contributed by atoms with Crippen molar-refractivity contribution >= 4 is 23.0 Å². The SMILES string of the molecule is COc1cccc(NC(=S)NC2CCCC(C)C2C)c1. The third kappa shape index (κ3) is 3.85. The molecule has 0 amide bonds. The van der Waals surface area contributed by atoms with E-state index in [1.807, 2.05) is 24.3 Å². The molecular formula is C16H24N2OS. The van der Waals surface area contributed by atoms with Crippen molar-refractivity contribution in [3.63, 3.8) is 0 Å². The summed E-state index contributed by atoms with van der Waals surface area (Å²) in [6, 6.07) is 8.29. The van der Waals surface area contributed by atoms with Crippen LogP contribution in [0.15, 0.2) is 24.3 Å². The van der Waals surface area contributed by atoms with Gasteiger partial charge in [-0.1, -0.05) is 32.8 Å². The van der Waals surface area contributed by atoms with Crippen molar-refractivity contribution in [3.05, 3.63) is 24.3 Å². The van der Waals surface area contributed by atoms with Gasteiger partial charge in [-0.25, -0.2) is 0 Å². The summed E-state index contributed by atoms with van der Waals surface area (Å²) in [5.74, 6) is 2.26. The molecule has 0 aromatic heterocycles. The van der Waals surface area contributed by atoms with Crippen molar-refractivity contribution in [1.82, 2.24) is 5.32 Å². The first kappa shape index (κ1) is 15.1. The van der Waals surface area contributed by atoms with E-state index in [1.165, 1.54) is 19.3 Å².